The van der Waals surface area contributed by atoms with Gasteiger partial charge in [0.25, 0.3) is 6.01 Å². The van der Waals surface area contributed by atoms with Crippen molar-refractivity contribution >= 4 is 23.5 Å². The van der Waals surface area contributed by atoms with Crippen molar-refractivity contribution in [3.63, 3.8) is 0 Å². The summed E-state index contributed by atoms with van der Waals surface area (Å²) in [6.07, 6.45) is -2.53. The summed E-state index contributed by atoms with van der Waals surface area (Å²) in [6, 6.07) is 15.3. The zero-order chi connectivity index (χ0) is 33.1. The summed E-state index contributed by atoms with van der Waals surface area (Å²) in [5.74, 6) is -2.26. The van der Waals surface area contributed by atoms with E-state index in [1.807, 2.05) is 4.90 Å². The fourth-order valence-electron chi connectivity index (χ4n) is 6.08. The van der Waals surface area contributed by atoms with Gasteiger partial charge >= 0.3 is 6.18 Å². The van der Waals surface area contributed by atoms with Crippen LogP contribution in [0, 0.1) is 11.6 Å². The Balaban J connectivity index is 1.08. The van der Waals surface area contributed by atoms with E-state index in [-0.39, 0.29) is 37.2 Å². The van der Waals surface area contributed by atoms with E-state index < -0.39 is 35.0 Å². The Morgan fingerprint density at radius 1 is 0.894 bits per heavy atom. The standard InChI is InChI=1S/C34H32F5N5O3/c35-26-8-3-6-23(18-26)25-7-4-12-44(21-25)33-41-32(34(37,38)39)31(47-33)28(45)17-22-10-11-29(40-20-22)42-13-15-43(16-14-42)30(46)19-24-5-1-2-9-27(24)36/h1-3,5-6,8-11,18,20,25H,4,7,12-17,19,21H2. The van der Waals surface area contributed by atoms with Crippen LogP contribution in [-0.2, 0) is 23.8 Å². The van der Waals surface area contributed by atoms with Crippen molar-refractivity contribution in [2.75, 3.05) is 49.1 Å². The quantitative estimate of drug-likeness (QED) is 0.169. The number of amides is 1. The number of carbonyl (C=O) groups excluding carboxylic acids is 2. The largest absolute Gasteiger partial charge is 0.437 e. The molecule has 47 heavy (non-hydrogen) atoms. The van der Waals surface area contributed by atoms with Crippen LogP contribution in [-0.4, -0.2) is 65.8 Å². The van der Waals surface area contributed by atoms with E-state index in [9.17, 15) is 31.5 Å². The zero-order valence-electron chi connectivity index (χ0n) is 25.3. The molecule has 2 saturated heterocycles. The van der Waals surface area contributed by atoms with Crippen molar-refractivity contribution in [1.29, 1.82) is 0 Å². The fourth-order valence-corrected chi connectivity index (χ4v) is 6.08. The summed E-state index contributed by atoms with van der Waals surface area (Å²) in [7, 11) is 0. The number of nitrogens with zero attached hydrogens (tertiary/aromatic N) is 5. The number of benzene rings is 2. The van der Waals surface area contributed by atoms with Gasteiger partial charge in [0, 0.05) is 57.8 Å². The highest BCUT2D eigenvalue weighted by Gasteiger charge is 2.42. The van der Waals surface area contributed by atoms with Gasteiger partial charge in [0.05, 0.1) is 6.42 Å². The molecule has 0 radical (unpaired) electrons. The van der Waals surface area contributed by atoms with Gasteiger partial charge in [0.2, 0.25) is 17.5 Å². The summed E-state index contributed by atoms with van der Waals surface area (Å²) in [5, 5.41) is 0. The number of ketones is 1. The molecule has 4 heterocycles. The van der Waals surface area contributed by atoms with Crippen LogP contribution in [0.5, 0.6) is 0 Å². The second-order valence-corrected chi connectivity index (χ2v) is 11.8. The van der Waals surface area contributed by atoms with Gasteiger partial charge in [-0.05, 0) is 53.8 Å². The highest BCUT2D eigenvalue weighted by molar-refractivity contribution is 5.96. The first-order valence-electron chi connectivity index (χ1n) is 15.4. The van der Waals surface area contributed by atoms with Crippen molar-refractivity contribution in [1.82, 2.24) is 14.9 Å². The average molecular weight is 654 g/mol. The number of oxazole rings is 1. The third-order valence-electron chi connectivity index (χ3n) is 8.58. The number of rotatable bonds is 8. The molecule has 0 aliphatic carbocycles. The molecule has 2 aromatic heterocycles. The summed E-state index contributed by atoms with van der Waals surface area (Å²) < 4.78 is 75.2. The number of carbonyl (C=O) groups is 2. The molecule has 0 bridgehead atoms. The molecule has 1 unspecified atom stereocenters. The topological polar surface area (TPSA) is 82.8 Å². The van der Waals surface area contributed by atoms with E-state index in [0.717, 1.165) is 12.0 Å². The van der Waals surface area contributed by atoms with Crippen molar-refractivity contribution in [3.8, 4) is 0 Å². The summed E-state index contributed by atoms with van der Waals surface area (Å²) in [6.45, 7) is 2.47. The van der Waals surface area contributed by atoms with E-state index in [2.05, 4.69) is 9.97 Å². The minimum absolute atomic E-state index is 0.0240. The monoisotopic (exact) mass is 653 g/mol. The Kier molecular flexibility index (Phi) is 9.24. The van der Waals surface area contributed by atoms with E-state index in [1.54, 1.807) is 52.3 Å². The second-order valence-electron chi connectivity index (χ2n) is 11.8. The minimum Gasteiger partial charge on any atom is -0.420 e. The highest BCUT2D eigenvalue weighted by atomic mass is 19.4. The van der Waals surface area contributed by atoms with Crippen LogP contribution in [0.3, 0.4) is 0 Å². The summed E-state index contributed by atoms with van der Waals surface area (Å²) >= 11 is 0. The fraction of sp³-hybridized carbons (Fsp3) is 0.353. The number of alkyl halides is 3. The van der Waals surface area contributed by atoms with E-state index in [1.165, 1.54) is 24.4 Å². The maximum Gasteiger partial charge on any atom is 0.437 e. The highest BCUT2D eigenvalue weighted by Crippen LogP contribution is 2.37. The Morgan fingerprint density at radius 2 is 1.68 bits per heavy atom. The van der Waals surface area contributed by atoms with E-state index in [4.69, 9.17) is 4.42 Å². The molecule has 6 rings (SSSR count). The van der Waals surface area contributed by atoms with Crippen molar-refractivity contribution in [3.05, 3.63) is 107 Å². The summed E-state index contributed by atoms with van der Waals surface area (Å²) in [4.78, 5) is 39.1. The SMILES string of the molecule is O=C(Cc1ccc(N2CCN(C(=O)Cc3ccccc3F)CC2)nc1)c1oc(N2CCCC(c3cccc(F)c3)C2)nc1C(F)(F)F. The number of halogens is 5. The van der Waals surface area contributed by atoms with Crippen LogP contribution in [0.2, 0.25) is 0 Å². The zero-order valence-corrected chi connectivity index (χ0v) is 25.3. The molecule has 0 N–H and O–H groups in total. The lowest BCUT2D eigenvalue weighted by Gasteiger charge is -2.35. The third kappa shape index (κ3) is 7.44. The van der Waals surface area contributed by atoms with Gasteiger partial charge in [-0.15, -0.1) is 0 Å². The molecular formula is C34H32F5N5O3. The Hall–Kier alpha value is -4.81. The molecule has 2 aliphatic heterocycles. The number of anilines is 2. The average Bonchev–Trinajstić information content (AvgIpc) is 3.54. The number of pyridine rings is 1. The van der Waals surface area contributed by atoms with Crippen molar-refractivity contribution in [2.45, 2.75) is 37.8 Å². The van der Waals surface area contributed by atoms with Gasteiger partial charge in [-0.2, -0.15) is 18.2 Å². The van der Waals surface area contributed by atoms with Crippen molar-refractivity contribution in [2.24, 2.45) is 0 Å². The predicted octanol–water partition coefficient (Wildman–Crippen LogP) is 6.07. The maximum atomic E-state index is 14.0. The van der Waals surface area contributed by atoms with Gasteiger partial charge in [-0.25, -0.2) is 13.8 Å². The minimum atomic E-state index is -4.91. The number of piperidine rings is 1. The van der Waals surface area contributed by atoms with Crippen LogP contribution in [0.4, 0.5) is 33.8 Å². The van der Waals surface area contributed by atoms with Crippen LogP contribution < -0.4 is 9.80 Å². The lowest BCUT2D eigenvalue weighted by Crippen LogP contribution is -2.49. The molecule has 4 aromatic rings. The molecule has 246 valence electrons. The molecule has 2 aromatic carbocycles. The Labute approximate surface area is 267 Å². The van der Waals surface area contributed by atoms with Crippen LogP contribution in [0.25, 0.3) is 0 Å². The first-order chi connectivity index (χ1) is 22.5. The smallest absolute Gasteiger partial charge is 0.420 e. The van der Waals surface area contributed by atoms with Gasteiger partial charge in [0.15, 0.2) is 5.69 Å². The van der Waals surface area contributed by atoms with Crippen LogP contribution in [0.1, 0.15) is 51.7 Å². The number of hydrogen-bond donors (Lipinski definition) is 0. The lowest BCUT2D eigenvalue weighted by atomic mass is 9.91. The van der Waals surface area contributed by atoms with Gasteiger partial charge < -0.3 is 19.1 Å². The molecule has 1 atom stereocenters. The maximum absolute atomic E-state index is 14.0. The van der Waals surface area contributed by atoms with E-state index >= 15 is 0 Å². The third-order valence-corrected chi connectivity index (χ3v) is 8.58. The number of Topliss-reactive ketones (excluding diaryl/α,β-unsaturated/α-hetero) is 1. The van der Waals surface area contributed by atoms with Gasteiger partial charge in [-0.3, -0.25) is 9.59 Å². The number of hydrogen-bond acceptors (Lipinski definition) is 7. The van der Waals surface area contributed by atoms with E-state index in [0.29, 0.717) is 56.1 Å². The predicted molar refractivity (Wildman–Crippen MR) is 163 cm³/mol. The first-order valence-corrected chi connectivity index (χ1v) is 15.4. The Morgan fingerprint density at radius 3 is 2.38 bits per heavy atom. The summed E-state index contributed by atoms with van der Waals surface area (Å²) in [5.41, 5.74) is 0.0985. The Bertz CT molecular complexity index is 1730. The number of aromatic nitrogens is 2. The molecule has 1 amide bonds. The van der Waals surface area contributed by atoms with Crippen LogP contribution in [0.15, 0.2) is 71.3 Å². The molecule has 2 aliphatic rings. The molecule has 2 fully saturated rings. The molecule has 8 nitrogen and oxygen atoms in total. The normalized spacial score (nSPS) is 17.2. The van der Waals surface area contributed by atoms with Crippen LogP contribution >= 0.6 is 0 Å². The lowest BCUT2D eigenvalue weighted by molar-refractivity contribution is -0.141. The second kappa shape index (κ2) is 13.5. The molecule has 0 spiro atoms. The van der Waals surface area contributed by atoms with Crippen molar-refractivity contribution < 1.29 is 36.0 Å². The van der Waals surface area contributed by atoms with Gasteiger partial charge in [-0.1, -0.05) is 36.4 Å². The first kappa shape index (κ1) is 32.1. The molecule has 0 saturated carbocycles. The molecular weight excluding hydrogens is 621 g/mol. The molecule has 13 heteroatoms. The van der Waals surface area contributed by atoms with Gasteiger partial charge in [0.1, 0.15) is 17.5 Å². The number of piperazine rings is 1.